The van der Waals surface area contributed by atoms with Gasteiger partial charge in [0, 0.05) is 5.88 Å². The first-order valence-corrected chi connectivity index (χ1v) is 5.74. The van der Waals surface area contributed by atoms with E-state index in [0.29, 0.717) is 11.1 Å². The van der Waals surface area contributed by atoms with Crippen molar-refractivity contribution in [3.8, 4) is 11.1 Å². The van der Waals surface area contributed by atoms with Crippen LogP contribution in [-0.2, 0) is 5.88 Å². The van der Waals surface area contributed by atoms with Crippen LogP contribution in [0.3, 0.4) is 0 Å². The van der Waals surface area contributed by atoms with Gasteiger partial charge in [-0.05, 0) is 16.7 Å². The molecule has 0 radical (unpaired) electrons. The van der Waals surface area contributed by atoms with Crippen molar-refractivity contribution in [2.24, 2.45) is 0 Å². The summed E-state index contributed by atoms with van der Waals surface area (Å²) in [5.41, 5.74) is 2.52. The lowest BCUT2D eigenvalue weighted by Gasteiger charge is -2.09. The van der Waals surface area contributed by atoms with Crippen molar-refractivity contribution < 1.29 is 9.90 Å². The highest BCUT2D eigenvalue weighted by Gasteiger charge is 2.15. The molecule has 0 fully saturated rings. The summed E-state index contributed by atoms with van der Waals surface area (Å²) in [5, 5.41) is 9.28. The Morgan fingerprint density at radius 1 is 1.06 bits per heavy atom. The molecule has 0 spiro atoms. The van der Waals surface area contributed by atoms with Gasteiger partial charge in [0.1, 0.15) is 0 Å². The Balaban J connectivity index is 2.66. The maximum absolute atomic E-state index is 11.3. The number of carboxylic acids is 1. The van der Waals surface area contributed by atoms with Crippen LogP contribution in [0.4, 0.5) is 0 Å². The normalized spacial score (nSPS) is 10.2. The van der Waals surface area contributed by atoms with E-state index in [1.54, 1.807) is 12.1 Å². The Hall–Kier alpha value is -1.80. The molecule has 0 saturated heterocycles. The summed E-state index contributed by atoms with van der Waals surface area (Å²) >= 11 is 5.77. The number of benzene rings is 2. The van der Waals surface area contributed by atoms with Gasteiger partial charge in [-0.15, -0.1) is 11.6 Å². The van der Waals surface area contributed by atoms with Gasteiger partial charge < -0.3 is 5.11 Å². The summed E-state index contributed by atoms with van der Waals surface area (Å²) in [7, 11) is 0. The number of carboxylic acid groups (broad SMARTS) is 1. The van der Waals surface area contributed by atoms with E-state index in [2.05, 4.69) is 0 Å². The van der Waals surface area contributed by atoms with E-state index in [1.807, 2.05) is 36.4 Å². The average molecular weight is 247 g/mol. The lowest BCUT2D eigenvalue weighted by molar-refractivity contribution is 0.0697. The van der Waals surface area contributed by atoms with Gasteiger partial charge in [-0.3, -0.25) is 0 Å². The smallest absolute Gasteiger partial charge is 0.336 e. The zero-order valence-corrected chi connectivity index (χ0v) is 9.82. The Morgan fingerprint density at radius 3 is 2.35 bits per heavy atom. The van der Waals surface area contributed by atoms with Crippen molar-refractivity contribution in [2.45, 2.75) is 5.88 Å². The first kappa shape index (κ1) is 11.7. The zero-order chi connectivity index (χ0) is 12.3. The van der Waals surface area contributed by atoms with Crippen LogP contribution in [0, 0.1) is 0 Å². The number of hydrogen-bond acceptors (Lipinski definition) is 1. The molecular weight excluding hydrogens is 236 g/mol. The summed E-state index contributed by atoms with van der Waals surface area (Å²) < 4.78 is 0. The molecule has 3 heteroatoms. The summed E-state index contributed by atoms with van der Waals surface area (Å²) in [4.78, 5) is 11.3. The van der Waals surface area contributed by atoms with E-state index in [9.17, 15) is 9.90 Å². The third kappa shape index (κ3) is 2.32. The second-order valence-electron chi connectivity index (χ2n) is 3.64. The van der Waals surface area contributed by atoms with Gasteiger partial charge in [0.15, 0.2) is 0 Å². The Kier molecular flexibility index (Phi) is 3.45. The van der Waals surface area contributed by atoms with E-state index >= 15 is 0 Å². The molecule has 0 bridgehead atoms. The minimum Gasteiger partial charge on any atom is -0.478 e. The van der Waals surface area contributed by atoms with E-state index in [0.717, 1.165) is 5.56 Å². The lowest BCUT2D eigenvalue weighted by Crippen LogP contribution is -2.04. The first-order chi connectivity index (χ1) is 8.24. The molecule has 17 heavy (non-hydrogen) atoms. The quantitative estimate of drug-likeness (QED) is 0.837. The zero-order valence-electron chi connectivity index (χ0n) is 9.06. The minimum atomic E-state index is -0.944. The molecule has 2 rings (SSSR count). The second kappa shape index (κ2) is 5.02. The first-order valence-electron chi connectivity index (χ1n) is 5.20. The molecule has 0 amide bonds. The van der Waals surface area contributed by atoms with Gasteiger partial charge in [-0.25, -0.2) is 4.79 Å². The standard InChI is InChI=1S/C14H11ClO2/c15-9-11-7-4-8-12(13(11)14(16)17)10-5-2-1-3-6-10/h1-8H,9H2,(H,16,17). The fourth-order valence-electron chi connectivity index (χ4n) is 1.82. The van der Waals surface area contributed by atoms with Gasteiger partial charge in [0.25, 0.3) is 0 Å². The lowest BCUT2D eigenvalue weighted by atomic mass is 9.96. The average Bonchev–Trinajstić information content (AvgIpc) is 2.38. The summed E-state index contributed by atoms with van der Waals surface area (Å²) in [5.74, 6) is -0.748. The SMILES string of the molecule is O=C(O)c1c(CCl)cccc1-c1ccccc1. The van der Waals surface area contributed by atoms with Gasteiger partial charge >= 0.3 is 5.97 Å². The maximum Gasteiger partial charge on any atom is 0.336 e. The van der Waals surface area contributed by atoms with Gasteiger partial charge in [0.05, 0.1) is 5.56 Å². The third-order valence-corrected chi connectivity index (χ3v) is 2.88. The molecule has 2 aromatic carbocycles. The van der Waals surface area contributed by atoms with Crippen molar-refractivity contribution in [1.29, 1.82) is 0 Å². The van der Waals surface area contributed by atoms with Crippen molar-refractivity contribution in [3.05, 3.63) is 59.7 Å². The monoisotopic (exact) mass is 246 g/mol. The maximum atomic E-state index is 11.3. The fourth-order valence-corrected chi connectivity index (χ4v) is 2.05. The molecular formula is C14H11ClO2. The molecule has 1 N–H and O–H groups in total. The number of aromatic carboxylic acids is 1. The molecule has 0 atom stereocenters. The third-order valence-electron chi connectivity index (χ3n) is 2.59. The summed E-state index contributed by atoms with van der Waals surface area (Å²) in [6.07, 6.45) is 0. The van der Waals surface area contributed by atoms with Crippen LogP contribution in [0.25, 0.3) is 11.1 Å². The van der Waals surface area contributed by atoms with Gasteiger partial charge in [-0.1, -0.05) is 48.5 Å². The molecule has 0 heterocycles. The van der Waals surface area contributed by atoms with Crippen LogP contribution < -0.4 is 0 Å². The number of alkyl halides is 1. The van der Waals surface area contributed by atoms with Crippen molar-refractivity contribution in [3.63, 3.8) is 0 Å². The van der Waals surface area contributed by atoms with E-state index in [-0.39, 0.29) is 11.4 Å². The van der Waals surface area contributed by atoms with Crippen LogP contribution in [0.2, 0.25) is 0 Å². The highest BCUT2D eigenvalue weighted by molar-refractivity contribution is 6.18. The van der Waals surface area contributed by atoms with Crippen LogP contribution in [0.1, 0.15) is 15.9 Å². The minimum absolute atomic E-state index is 0.197. The molecule has 0 aliphatic carbocycles. The van der Waals surface area contributed by atoms with Crippen LogP contribution in [-0.4, -0.2) is 11.1 Å². The molecule has 0 saturated carbocycles. The second-order valence-corrected chi connectivity index (χ2v) is 3.91. The van der Waals surface area contributed by atoms with E-state index in [4.69, 9.17) is 11.6 Å². The molecule has 2 nitrogen and oxygen atoms in total. The molecule has 0 unspecified atom stereocenters. The number of halogens is 1. The van der Waals surface area contributed by atoms with Crippen molar-refractivity contribution in [1.82, 2.24) is 0 Å². The summed E-state index contributed by atoms with van der Waals surface area (Å²) in [6, 6.07) is 14.8. The highest BCUT2D eigenvalue weighted by Crippen LogP contribution is 2.27. The van der Waals surface area contributed by atoms with E-state index < -0.39 is 5.97 Å². The molecule has 0 aliphatic heterocycles. The van der Waals surface area contributed by atoms with Gasteiger partial charge in [0.2, 0.25) is 0 Å². The fraction of sp³-hybridized carbons (Fsp3) is 0.0714. The number of carbonyl (C=O) groups is 1. The topological polar surface area (TPSA) is 37.3 Å². The molecule has 0 aromatic heterocycles. The molecule has 0 aliphatic rings. The van der Waals surface area contributed by atoms with Crippen LogP contribution >= 0.6 is 11.6 Å². The predicted octanol–water partition coefficient (Wildman–Crippen LogP) is 3.79. The van der Waals surface area contributed by atoms with Crippen LogP contribution in [0.15, 0.2) is 48.5 Å². The molecule has 2 aromatic rings. The largest absolute Gasteiger partial charge is 0.478 e. The molecule has 86 valence electrons. The predicted molar refractivity (Wildman–Crippen MR) is 68.4 cm³/mol. The van der Waals surface area contributed by atoms with Crippen molar-refractivity contribution >= 4 is 17.6 Å². The Morgan fingerprint density at radius 2 is 1.76 bits per heavy atom. The Bertz CT molecular complexity index is 535. The van der Waals surface area contributed by atoms with E-state index in [1.165, 1.54) is 0 Å². The van der Waals surface area contributed by atoms with Crippen molar-refractivity contribution in [2.75, 3.05) is 0 Å². The number of rotatable bonds is 3. The number of hydrogen-bond donors (Lipinski definition) is 1. The van der Waals surface area contributed by atoms with Crippen LogP contribution in [0.5, 0.6) is 0 Å². The Labute approximate surface area is 104 Å². The highest BCUT2D eigenvalue weighted by atomic mass is 35.5. The van der Waals surface area contributed by atoms with Gasteiger partial charge in [-0.2, -0.15) is 0 Å². The summed E-state index contributed by atoms with van der Waals surface area (Å²) in [6.45, 7) is 0.